The van der Waals surface area contributed by atoms with E-state index in [9.17, 15) is 4.79 Å². The van der Waals surface area contributed by atoms with Gasteiger partial charge in [-0.1, -0.05) is 27.7 Å². The van der Waals surface area contributed by atoms with Crippen molar-refractivity contribution in [3.63, 3.8) is 0 Å². The van der Waals surface area contributed by atoms with Crippen LogP contribution in [-0.2, 0) is 0 Å². The maximum absolute atomic E-state index is 11.4. The quantitative estimate of drug-likeness (QED) is 0.785. The molecule has 0 amide bonds. The van der Waals surface area contributed by atoms with E-state index >= 15 is 0 Å². The molecule has 0 radical (unpaired) electrons. The van der Waals surface area contributed by atoms with Gasteiger partial charge in [0.15, 0.2) is 0 Å². The zero-order valence-corrected chi connectivity index (χ0v) is 9.51. The largest absolute Gasteiger partial charge is 0.323 e. The maximum atomic E-state index is 11.4. The standard InChI is InChI=1S/C11H18N2O/c1-6(2)9-10(7(3)4)13-11(14)8(5)12-9/h6-7H,1-5H3,(H,13,14). The van der Waals surface area contributed by atoms with Gasteiger partial charge < -0.3 is 4.98 Å². The molecule has 0 saturated heterocycles. The Bertz CT molecular complexity index is 377. The van der Waals surface area contributed by atoms with Crippen LogP contribution in [0, 0.1) is 6.92 Å². The molecule has 0 aliphatic rings. The number of hydrogen-bond donors (Lipinski definition) is 1. The Labute approximate surface area is 84.6 Å². The summed E-state index contributed by atoms with van der Waals surface area (Å²) in [4.78, 5) is 18.7. The van der Waals surface area contributed by atoms with Gasteiger partial charge in [-0.05, 0) is 18.8 Å². The van der Waals surface area contributed by atoms with E-state index in [4.69, 9.17) is 0 Å². The van der Waals surface area contributed by atoms with Gasteiger partial charge >= 0.3 is 0 Å². The first kappa shape index (κ1) is 11.0. The second kappa shape index (κ2) is 3.95. The lowest BCUT2D eigenvalue weighted by atomic mass is 10.0. The molecule has 1 aromatic rings. The normalized spacial score (nSPS) is 11.4. The summed E-state index contributed by atoms with van der Waals surface area (Å²) in [7, 11) is 0. The van der Waals surface area contributed by atoms with Crippen LogP contribution in [-0.4, -0.2) is 9.97 Å². The third kappa shape index (κ3) is 2.03. The highest BCUT2D eigenvalue weighted by Gasteiger charge is 2.13. The van der Waals surface area contributed by atoms with E-state index in [1.165, 1.54) is 0 Å². The fourth-order valence-corrected chi connectivity index (χ4v) is 1.45. The number of nitrogens with one attached hydrogen (secondary N) is 1. The first-order valence-electron chi connectivity index (χ1n) is 5.04. The van der Waals surface area contributed by atoms with Gasteiger partial charge in [0.1, 0.15) is 5.69 Å². The Morgan fingerprint density at radius 1 is 1.14 bits per heavy atom. The summed E-state index contributed by atoms with van der Waals surface area (Å²) in [5.41, 5.74) is 2.46. The second-order valence-corrected chi connectivity index (χ2v) is 4.26. The van der Waals surface area contributed by atoms with E-state index in [-0.39, 0.29) is 5.56 Å². The Balaban J connectivity index is 3.39. The SMILES string of the molecule is Cc1nc(C(C)C)c(C(C)C)[nH]c1=O. The van der Waals surface area contributed by atoms with Crippen molar-refractivity contribution in [3.05, 3.63) is 27.4 Å². The van der Waals surface area contributed by atoms with E-state index < -0.39 is 0 Å². The molecule has 0 saturated carbocycles. The van der Waals surface area contributed by atoms with Crippen LogP contribution in [0.3, 0.4) is 0 Å². The lowest BCUT2D eigenvalue weighted by molar-refractivity contribution is 0.712. The number of hydrogen-bond acceptors (Lipinski definition) is 2. The fourth-order valence-electron chi connectivity index (χ4n) is 1.45. The number of aromatic nitrogens is 2. The molecule has 3 nitrogen and oxygen atoms in total. The van der Waals surface area contributed by atoms with Crippen LogP contribution in [0.25, 0.3) is 0 Å². The minimum Gasteiger partial charge on any atom is -0.323 e. The summed E-state index contributed by atoms with van der Waals surface area (Å²) >= 11 is 0. The van der Waals surface area contributed by atoms with Crippen LogP contribution < -0.4 is 5.56 Å². The molecule has 1 heterocycles. The molecule has 0 spiro atoms. The summed E-state index contributed by atoms with van der Waals surface area (Å²) < 4.78 is 0. The highest BCUT2D eigenvalue weighted by molar-refractivity contribution is 5.19. The molecule has 1 rings (SSSR count). The summed E-state index contributed by atoms with van der Waals surface area (Å²) in [6, 6.07) is 0. The number of aryl methyl sites for hydroxylation is 1. The minimum absolute atomic E-state index is 0.0712. The van der Waals surface area contributed by atoms with Crippen molar-refractivity contribution < 1.29 is 0 Å². The van der Waals surface area contributed by atoms with Gasteiger partial charge in [-0.2, -0.15) is 0 Å². The van der Waals surface area contributed by atoms with Crippen LogP contribution in [0.1, 0.15) is 56.6 Å². The summed E-state index contributed by atoms with van der Waals surface area (Å²) in [6.45, 7) is 10.1. The molecule has 3 heteroatoms. The van der Waals surface area contributed by atoms with Gasteiger partial charge in [0.05, 0.1) is 5.69 Å². The Kier molecular flexibility index (Phi) is 3.09. The smallest absolute Gasteiger partial charge is 0.269 e. The van der Waals surface area contributed by atoms with Crippen LogP contribution in [0.4, 0.5) is 0 Å². The van der Waals surface area contributed by atoms with Gasteiger partial charge in [-0.15, -0.1) is 0 Å². The monoisotopic (exact) mass is 194 g/mol. The van der Waals surface area contributed by atoms with Crippen LogP contribution in [0.15, 0.2) is 4.79 Å². The Morgan fingerprint density at radius 3 is 2.14 bits per heavy atom. The summed E-state index contributed by atoms with van der Waals surface area (Å²) in [6.07, 6.45) is 0. The van der Waals surface area contributed by atoms with E-state index in [0.717, 1.165) is 11.4 Å². The molecule has 0 aromatic carbocycles. The minimum atomic E-state index is -0.0712. The van der Waals surface area contributed by atoms with Crippen LogP contribution in [0.2, 0.25) is 0 Å². The lowest BCUT2D eigenvalue weighted by Gasteiger charge is -2.14. The van der Waals surface area contributed by atoms with Crippen molar-refractivity contribution in [2.45, 2.75) is 46.5 Å². The molecule has 0 fully saturated rings. The number of H-pyrrole nitrogens is 1. The maximum Gasteiger partial charge on any atom is 0.269 e. The van der Waals surface area contributed by atoms with Crippen molar-refractivity contribution in [2.75, 3.05) is 0 Å². The van der Waals surface area contributed by atoms with Gasteiger partial charge in [0.2, 0.25) is 0 Å². The first-order valence-corrected chi connectivity index (χ1v) is 5.04. The molecule has 14 heavy (non-hydrogen) atoms. The van der Waals surface area contributed by atoms with Gasteiger partial charge in [0, 0.05) is 5.69 Å². The molecule has 0 aliphatic carbocycles. The van der Waals surface area contributed by atoms with E-state index in [0.29, 0.717) is 17.5 Å². The average Bonchev–Trinajstić information content (AvgIpc) is 2.08. The van der Waals surface area contributed by atoms with E-state index in [1.54, 1.807) is 6.92 Å². The molecule has 0 aliphatic heterocycles. The third-order valence-corrected chi connectivity index (χ3v) is 2.27. The molecule has 0 atom stereocenters. The summed E-state index contributed by atoms with van der Waals surface area (Å²) in [5, 5.41) is 0. The van der Waals surface area contributed by atoms with E-state index in [1.807, 2.05) is 0 Å². The van der Waals surface area contributed by atoms with Crippen molar-refractivity contribution in [3.8, 4) is 0 Å². The van der Waals surface area contributed by atoms with Crippen LogP contribution in [0.5, 0.6) is 0 Å². The van der Waals surface area contributed by atoms with Gasteiger partial charge in [0.25, 0.3) is 5.56 Å². The highest BCUT2D eigenvalue weighted by atomic mass is 16.1. The van der Waals surface area contributed by atoms with Gasteiger partial charge in [-0.3, -0.25) is 9.78 Å². The predicted molar refractivity (Wildman–Crippen MR) is 57.8 cm³/mol. The Morgan fingerprint density at radius 2 is 1.71 bits per heavy atom. The molecule has 1 aromatic heterocycles. The molecular formula is C11H18N2O. The first-order chi connectivity index (χ1) is 6.43. The zero-order valence-electron chi connectivity index (χ0n) is 9.51. The lowest BCUT2D eigenvalue weighted by Crippen LogP contribution is -2.19. The number of aromatic amines is 1. The molecule has 1 N–H and O–H groups in total. The molecular weight excluding hydrogens is 176 g/mol. The topological polar surface area (TPSA) is 45.8 Å². The third-order valence-electron chi connectivity index (χ3n) is 2.27. The molecule has 0 bridgehead atoms. The zero-order chi connectivity index (χ0) is 10.9. The van der Waals surface area contributed by atoms with Crippen molar-refractivity contribution in [1.29, 1.82) is 0 Å². The Hall–Kier alpha value is -1.12. The van der Waals surface area contributed by atoms with Crippen molar-refractivity contribution >= 4 is 0 Å². The van der Waals surface area contributed by atoms with Gasteiger partial charge in [-0.25, -0.2) is 0 Å². The average molecular weight is 194 g/mol. The second-order valence-electron chi connectivity index (χ2n) is 4.26. The van der Waals surface area contributed by atoms with Crippen molar-refractivity contribution in [1.82, 2.24) is 9.97 Å². The number of nitrogens with zero attached hydrogens (tertiary/aromatic N) is 1. The fraction of sp³-hybridized carbons (Fsp3) is 0.636. The van der Waals surface area contributed by atoms with Crippen molar-refractivity contribution in [2.24, 2.45) is 0 Å². The molecule has 78 valence electrons. The highest BCUT2D eigenvalue weighted by Crippen LogP contribution is 2.20. The molecule has 0 unspecified atom stereocenters. The summed E-state index contributed by atoms with van der Waals surface area (Å²) in [5.74, 6) is 0.663. The number of rotatable bonds is 2. The van der Waals surface area contributed by atoms with E-state index in [2.05, 4.69) is 37.7 Å². The van der Waals surface area contributed by atoms with Crippen LogP contribution >= 0.6 is 0 Å². The predicted octanol–water partition coefficient (Wildman–Crippen LogP) is 2.33.